The van der Waals surface area contributed by atoms with Crippen molar-refractivity contribution in [3.63, 3.8) is 0 Å². The van der Waals surface area contributed by atoms with Gasteiger partial charge in [0.1, 0.15) is 5.75 Å². The molecule has 0 saturated heterocycles. The average molecular weight is 341 g/mol. The van der Waals surface area contributed by atoms with Crippen molar-refractivity contribution in [3.05, 3.63) is 41.5 Å². The van der Waals surface area contributed by atoms with Gasteiger partial charge in [0.15, 0.2) is 0 Å². The van der Waals surface area contributed by atoms with Gasteiger partial charge in [-0.3, -0.25) is 0 Å². The van der Waals surface area contributed by atoms with E-state index in [0.717, 1.165) is 17.7 Å². The van der Waals surface area contributed by atoms with Crippen LogP contribution in [0.1, 0.15) is 82.9 Å². The lowest BCUT2D eigenvalue weighted by atomic mass is 9.50. The minimum atomic E-state index is -0.372. The van der Waals surface area contributed by atoms with Gasteiger partial charge >= 0.3 is 5.97 Å². The van der Waals surface area contributed by atoms with Gasteiger partial charge in [0.05, 0.1) is 0 Å². The maximum Gasteiger partial charge on any atom is 0.335 e. The summed E-state index contributed by atoms with van der Waals surface area (Å²) in [5.74, 6) is 1.37. The minimum absolute atomic E-state index is 0.181. The van der Waals surface area contributed by atoms with Crippen molar-refractivity contribution in [1.82, 2.24) is 0 Å². The molecule has 1 saturated carbocycles. The molecule has 2 heteroatoms. The number of hydrogen-bond acceptors (Lipinski definition) is 2. The largest absolute Gasteiger partial charge is 0.423 e. The Bertz CT molecular complexity index is 698. The number of rotatable bonds is 3. The first kappa shape index (κ1) is 18.2. The number of carbonyl (C=O) groups excluding carboxylic acids is 1. The van der Waals surface area contributed by atoms with Crippen molar-refractivity contribution in [1.29, 1.82) is 0 Å². The van der Waals surface area contributed by atoms with Gasteiger partial charge in [-0.05, 0) is 71.1 Å². The Morgan fingerprint density at radius 3 is 2.64 bits per heavy atom. The molecule has 1 aromatic carbocycles. The molecule has 1 aromatic rings. The standard InChI is InChI=1S/C23H32O2/c1-7-21(24)25-19-14-18-16(13-17(19)15(2)3)9-10-20-22(4,5)11-8-12-23(18,20)6/h7,13-15,20H,1,8-12H2,2-6H3/t20-,23+/m0/s1. The molecular weight excluding hydrogens is 308 g/mol. The summed E-state index contributed by atoms with van der Waals surface area (Å²) in [7, 11) is 0. The number of benzene rings is 1. The summed E-state index contributed by atoms with van der Waals surface area (Å²) in [6, 6.07) is 4.48. The fourth-order valence-corrected chi connectivity index (χ4v) is 5.53. The Labute approximate surface area is 152 Å². The summed E-state index contributed by atoms with van der Waals surface area (Å²) < 4.78 is 5.64. The van der Waals surface area contributed by atoms with Gasteiger partial charge < -0.3 is 4.74 Å². The van der Waals surface area contributed by atoms with E-state index < -0.39 is 0 Å². The van der Waals surface area contributed by atoms with Crippen LogP contribution in [0.5, 0.6) is 5.75 Å². The Hall–Kier alpha value is -1.57. The van der Waals surface area contributed by atoms with Crippen molar-refractivity contribution in [3.8, 4) is 5.75 Å². The van der Waals surface area contributed by atoms with Gasteiger partial charge in [0.2, 0.25) is 0 Å². The zero-order chi connectivity index (χ0) is 18.4. The second-order valence-electron chi connectivity index (χ2n) is 9.18. The highest BCUT2D eigenvalue weighted by molar-refractivity contribution is 5.83. The zero-order valence-electron chi connectivity index (χ0n) is 16.4. The maximum absolute atomic E-state index is 11.8. The lowest BCUT2D eigenvalue weighted by Crippen LogP contribution is -2.47. The highest BCUT2D eigenvalue weighted by Crippen LogP contribution is 2.57. The summed E-state index contributed by atoms with van der Waals surface area (Å²) in [4.78, 5) is 11.8. The molecule has 0 heterocycles. The van der Waals surface area contributed by atoms with E-state index >= 15 is 0 Å². The van der Waals surface area contributed by atoms with Crippen LogP contribution in [0.4, 0.5) is 0 Å². The van der Waals surface area contributed by atoms with Gasteiger partial charge in [0.25, 0.3) is 0 Å². The highest BCUT2D eigenvalue weighted by Gasteiger charge is 2.49. The molecular formula is C23H32O2. The second-order valence-corrected chi connectivity index (χ2v) is 9.18. The normalized spacial score (nSPS) is 27.4. The molecule has 0 amide bonds. The third-order valence-corrected chi connectivity index (χ3v) is 6.78. The van der Waals surface area contributed by atoms with Crippen LogP contribution in [0.15, 0.2) is 24.8 Å². The number of fused-ring (bicyclic) bond motifs is 3. The van der Waals surface area contributed by atoms with Gasteiger partial charge in [-0.15, -0.1) is 0 Å². The molecule has 1 fully saturated rings. The number of ether oxygens (including phenoxy) is 1. The summed E-state index contributed by atoms with van der Waals surface area (Å²) in [5.41, 5.74) is 4.55. The van der Waals surface area contributed by atoms with Crippen LogP contribution >= 0.6 is 0 Å². The molecule has 3 rings (SSSR count). The van der Waals surface area contributed by atoms with Crippen LogP contribution in [0.3, 0.4) is 0 Å². The van der Waals surface area contributed by atoms with Gasteiger partial charge in [-0.2, -0.15) is 0 Å². The highest BCUT2D eigenvalue weighted by atomic mass is 16.5. The van der Waals surface area contributed by atoms with E-state index in [4.69, 9.17) is 4.74 Å². The molecule has 2 aliphatic rings. The SMILES string of the molecule is C=CC(=O)Oc1cc2c(cc1C(C)C)CC[C@H]1C(C)(C)CCC[C@]21C. The molecule has 136 valence electrons. The third-order valence-electron chi connectivity index (χ3n) is 6.78. The molecule has 25 heavy (non-hydrogen) atoms. The lowest BCUT2D eigenvalue weighted by molar-refractivity contribution is -0.129. The molecule has 0 aromatic heterocycles. The Kier molecular flexibility index (Phi) is 4.59. The Morgan fingerprint density at radius 2 is 2.00 bits per heavy atom. The molecule has 0 bridgehead atoms. The molecule has 0 spiro atoms. The van der Waals surface area contributed by atoms with Crippen molar-refractivity contribution in [2.45, 2.75) is 78.1 Å². The second kappa shape index (κ2) is 6.30. The number of carbonyl (C=O) groups is 1. The first-order chi connectivity index (χ1) is 11.7. The fourth-order valence-electron chi connectivity index (χ4n) is 5.53. The monoisotopic (exact) mass is 340 g/mol. The van der Waals surface area contributed by atoms with Crippen molar-refractivity contribution in [2.75, 3.05) is 0 Å². The van der Waals surface area contributed by atoms with E-state index in [1.165, 1.54) is 42.9 Å². The van der Waals surface area contributed by atoms with Gasteiger partial charge in [-0.1, -0.05) is 53.7 Å². The summed E-state index contributed by atoms with van der Waals surface area (Å²) in [6.45, 7) is 15.2. The van der Waals surface area contributed by atoms with E-state index in [9.17, 15) is 4.79 Å². The van der Waals surface area contributed by atoms with Crippen molar-refractivity contribution in [2.24, 2.45) is 11.3 Å². The van der Waals surface area contributed by atoms with Crippen LogP contribution in [-0.4, -0.2) is 5.97 Å². The first-order valence-corrected chi connectivity index (χ1v) is 9.70. The van der Waals surface area contributed by atoms with E-state index in [2.05, 4.69) is 53.3 Å². The minimum Gasteiger partial charge on any atom is -0.423 e. The van der Waals surface area contributed by atoms with E-state index in [1.54, 1.807) is 0 Å². The van der Waals surface area contributed by atoms with E-state index in [0.29, 0.717) is 17.3 Å². The predicted octanol–water partition coefficient (Wildman–Crippen LogP) is 5.93. The van der Waals surface area contributed by atoms with Gasteiger partial charge in [-0.25, -0.2) is 4.79 Å². The molecule has 0 N–H and O–H groups in total. The summed E-state index contributed by atoms with van der Waals surface area (Å²) in [5, 5.41) is 0. The number of esters is 1. The van der Waals surface area contributed by atoms with Crippen LogP contribution < -0.4 is 4.74 Å². The summed E-state index contributed by atoms with van der Waals surface area (Å²) in [6.07, 6.45) is 7.45. The zero-order valence-corrected chi connectivity index (χ0v) is 16.4. The maximum atomic E-state index is 11.8. The smallest absolute Gasteiger partial charge is 0.335 e. The van der Waals surface area contributed by atoms with Crippen LogP contribution in [0.2, 0.25) is 0 Å². The average Bonchev–Trinajstić information content (AvgIpc) is 2.53. The van der Waals surface area contributed by atoms with E-state index in [-0.39, 0.29) is 11.4 Å². The predicted molar refractivity (Wildman–Crippen MR) is 103 cm³/mol. The third kappa shape index (κ3) is 3.05. The molecule has 2 nitrogen and oxygen atoms in total. The molecule has 2 atom stereocenters. The quantitative estimate of drug-likeness (QED) is 0.387. The lowest BCUT2D eigenvalue weighted by Gasteiger charge is -2.54. The van der Waals surface area contributed by atoms with Crippen molar-refractivity contribution < 1.29 is 9.53 Å². The fraction of sp³-hybridized carbons (Fsp3) is 0.609. The topological polar surface area (TPSA) is 26.3 Å². The molecule has 0 unspecified atom stereocenters. The van der Waals surface area contributed by atoms with E-state index in [1.807, 2.05) is 0 Å². The first-order valence-electron chi connectivity index (χ1n) is 9.70. The van der Waals surface area contributed by atoms with Crippen molar-refractivity contribution >= 4 is 5.97 Å². The molecule has 2 aliphatic carbocycles. The van der Waals surface area contributed by atoms with Crippen LogP contribution in [-0.2, 0) is 16.6 Å². The number of hydrogen-bond donors (Lipinski definition) is 0. The van der Waals surface area contributed by atoms with Crippen LogP contribution in [0.25, 0.3) is 0 Å². The summed E-state index contributed by atoms with van der Waals surface area (Å²) >= 11 is 0. The molecule has 0 aliphatic heterocycles. The Balaban J connectivity index is 2.13. The van der Waals surface area contributed by atoms with Crippen LogP contribution in [0, 0.1) is 11.3 Å². The Morgan fingerprint density at radius 1 is 1.28 bits per heavy atom. The molecule has 0 radical (unpaired) electrons. The van der Waals surface area contributed by atoms with Gasteiger partial charge in [0, 0.05) is 6.08 Å². The number of aryl methyl sites for hydroxylation is 1.